The van der Waals surface area contributed by atoms with Gasteiger partial charge in [0.15, 0.2) is 0 Å². The number of hydrogen-bond donors (Lipinski definition) is 2. The smallest absolute Gasteiger partial charge is 0.00772 e. The van der Waals surface area contributed by atoms with E-state index >= 15 is 0 Å². The molecule has 0 aromatic heterocycles. The maximum Gasteiger partial charge on any atom is 0.00772 e. The molecule has 0 atom stereocenters. The quantitative estimate of drug-likeness (QED) is 0.365. The highest BCUT2D eigenvalue weighted by Crippen LogP contribution is 1.65. The summed E-state index contributed by atoms with van der Waals surface area (Å²) in [7, 11) is 0. The Bertz CT molecular complexity index is 27.5. The first-order chi connectivity index (χ1) is 3.00. The minimum Gasteiger partial charge on any atom is -0.314 e. The van der Waals surface area contributed by atoms with Crippen LogP contribution in [0.1, 0.15) is 0 Å². The number of rotatable bonds is 0. The van der Waals surface area contributed by atoms with Gasteiger partial charge in [-0.05, 0) is 0 Å². The molecule has 4 heteroatoms. The summed E-state index contributed by atoms with van der Waals surface area (Å²) in [5.74, 6) is 0. The molecular formula is C4H10B2N2. The molecule has 0 unspecified atom stereocenters. The van der Waals surface area contributed by atoms with Crippen LogP contribution in [0.15, 0.2) is 0 Å². The van der Waals surface area contributed by atoms with Crippen LogP contribution in [0, 0.1) is 0 Å². The second-order valence-corrected chi connectivity index (χ2v) is 1.50. The van der Waals surface area contributed by atoms with Crippen molar-refractivity contribution >= 4 is 16.8 Å². The van der Waals surface area contributed by atoms with Gasteiger partial charge in [-0.15, -0.1) is 0 Å². The molecule has 0 aromatic carbocycles. The van der Waals surface area contributed by atoms with E-state index in [4.69, 9.17) is 0 Å². The lowest BCUT2D eigenvalue weighted by molar-refractivity contribution is 0.534. The van der Waals surface area contributed by atoms with Gasteiger partial charge >= 0.3 is 0 Å². The lowest BCUT2D eigenvalue weighted by Crippen LogP contribution is -2.39. The summed E-state index contributed by atoms with van der Waals surface area (Å²) in [4.78, 5) is 0. The fraction of sp³-hybridized carbons (Fsp3) is 1.00. The summed E-state index contributed by atoms with van der Waals surface area (Å²) in [6.07, 6.45) is 0. The van der Waals surface area contributed by atoms with Crippen LogP contribution >= 0.6 is 0 Å². The lowest BCUT2D eigenvalue weighted by atomic mass is 10.4. The van der Waals surface area contributed by atoms with Crippen molar-refractivity contribution < 1.29 is 0 Å². The second-order valence-electron chi connectivity index (χ2n) is 1.50. The van der Waals surface area contributed by atoms with Gasteiger partial charge in [0, 0.05) is 43.0 Å². The van der Waals surface area contributed by atoms with E-state index in [1.165, 1.54) is 0 Å². The SMILES string of the molecule is C1CNCCN1.[B].[B]. The molecule has 0 saturated carbocycles. The molecule has 0 aromatic rings. The molecule has 8 heavy (non-hydrogen) atoms. The molecule has 2 N–H and O–H groups in total. The van der Waals surface area contributed by atoms with E-state index in [-0.39, 0.29) is 16.8 Å². The highest BCUT2D eigenvalue weighted by Gasteiger charge is 1.91. The summed E-state index contributed by atoms with van der Waals surface area (Å²) < 4.78 is 0. The van der Waals surface area contributed by atoms with Crippen LogP contribution in [0.5, 0.6) is 0 Å². The highest BCUT2D eigenvalue weighted by atomic mass is 15.0. The lowest BCUT2D eigenvalue weighted by Gasteiger charge is -2.11. The van der Waals surface area contributed by atoms with E-state index in [0.717, 1.165) is 26.2 Å². The molecule has 42 valence electrons. The van der Waals surface area contributed by atoms with Crippen LogP contribution in [0.2, 0.25) is 0 Å². The Balaban J connectivity index is 0. The molecule has 1 saturated heterocycles. The number of nitrogens with one attached hydrogen (secondary N) is 2. The van der Waals surface area contributed by atoms with Gasteiger partial charge in [-0.3, -0.25) is 0 Å². The molecule has 1 aliphatic heterocycles. The molecule has 0 aliphatic carbocycles. The summed E-state index contributed by atoms with van der Waals surface area (Å²) in [5.41, 5.74) is 0. The van der Waals surface area contributed by atoms with Crippen LogP contribution in [-0.2, 0) is 0 Å². The molecular weight excluding hydrogens is 97.7 g/mol. The molecule has 1 aliphatic rings. The first-order valence-corrected chi connectivity index (χ1v) is 2.41. The predicted molar refractivity (Wildman–Crippen MR) is 37.2 cm³/mol. The first kappa shape index (κ1) is 10.9. The monoisotopic (exact) mass is 108 g/mol. The van der Waals surface area contributed by atoms with E-state index < -0.39 is 0 Å². The third-order valence-electron chi connectivity index (χ3n) is 0.957. The van der Waals surface area contributed by atoms with Crippen molar-refractivity contribution in [2.45, 2.75) is 0 Å². The molecule has 0 spiro atoms. The van der Waals surface area contributed by atoms with Crippen LogP contribution in [0.4, 0.5) is 0 Å². The fourth-order valence-electron chi connectivity index (χ4n) is 0.604. The molecule has 1 rings (SSSR count). The molecule has 1 heterocycles. The number of hydrogen-bond acceptors (Lipinski definition) is 2. The average Bonchev–Trinajstić information content (AvgIpc) is 1.72. The van der Waals surface area contributed by atoms with Crippen molar-refractivity contribution in [3.63, 3.8) is 0 Å². The van der Waals surface area contributed by atoms with Crippen molar-refractivity contribution in [2.24, 2.45) is 0 Å². The van der Waals surface area contributed by atoms with Gasteiger partial charge in [0.1, 0.15) is 0 Å². The van der Waals surface area contributed by atoms with Gasteiger partial charge in [-0.1, -0.05) is 0 Å². The fourth-order valence-corrected chi connectivity index (χ4v) is 0.604. The van der Waals surface area contributed by atoms with Crippen molar-refractivity contribution in [3.8, 4) is 0 Å². The zero-order valence-corrected chi connectivity index (χ0v) is 4.98. The van der Waals surface area contributed by atoms with E-state index in [1.807, 2.05) is 0 Å². The second kappa shape index (κ2) is 7.05. The van der Waals surface area contributed by atoms with E-state index in [2.05, 4.69) is 10.6 Å². The standard InChI is InChI=1S/C4H10N2.2B/c1-2-6-4-3-5-1;;/h5-6H,1-4H2;;. The minimum absolute atomic E-state index is 0. The Kier molecular flexibility index (Phi) is 9.63. The third-order valence-corrected chi connectivity index (χ3v) is 0.957. The minimum atomic E-state index is 0. The zero-order valence-electron chi connectivity index (χ0n) is 4.98. The summed E-state index contributed by atoms with van der Waals surface area (Å²) in [6.45, 7) is 4.56. The summed E-state index contributed by atoms with van der Waals surface area (Å²) >= 11 is 0. The average molecular weight is 108 g/mol. The van der Waals surface area contributed by atoms with E-state index in [1.54, 1.807) is 0 Å². The van der Waals surface area contributed by atoms with Crippen LogP contribution in [0.25, 0.3) is 0 Å². The van der Waals surface area contributed by atoms with Gasteiger partial charge < -0.3 is 10.6 Å². The van der Waals surface area contributed by atoms with Crippen molar-refractivity contribution in [1.29, 1.82) is 0 Å². The molecule has 1 fully saturated rings. The maximum atomic E-state index is 3.22. The van der Waals surface area contributed by atoms with Gasteiger partial charge in [-0.25, -0.2) is 0 Å². The van der Waals surface area contributed by atoms with E-state index in [0.29, 0.717) is 0 Å². The summed E-state index contributed by atoms with van der Waals surface area (Å²) in [6, 6.07) is 0. The topological polar surface area (TPSA) is 24.1 Å². The Morgan fingerprint density at radius 2 is 0.875 bits per heavy atom. The Hall–Kier alpha value is 0.0499. The van der Waals surface area contributed by atoms with Gasteiger partial charge in [-0.2, -0.15) is 0 Å². The normalized spacial score (nSPS) is 18.0. The van der Waals surface area contributed by atoms with Crippen molar-refractivity contribution in [2.75, 3.05) is 26.2 Å². The molecule has 0 bridgehead atoms. The number of piperazine rings is 1. The maximum absolute atomic E-state index is 3.22. The van der Waals surface area contributed by atoms with Crippen LogP contribution < -0.4 is 10.6 Å². The summed E-state index contributed by atoms with van der Waals surface area (Å²) in [5, 5.41) is 6.44. The highest BCUT2D eigenvalue weighted by molar-refractivity contribution is 5.76. The van der Waals surface area contributed by atoms with Crippen LogP contribution in [-0.4, -0.2) is 43.0 Å². The molecule has 2 nitrogen and oxygen atoms in total. The largest absolute Gasteiger partial charge is 0.314 e. The first-order valence-electron chi connectivity index (χ1n) is 2.41. The molecule has 0 amide bonds. The van der Waals surface area contributed by atoms with E-state index in [9.17, 15) is 0 Å². The van der Waals surface area contributed by atoms with Crippen molar-refractivity contribution in [3.05, 3.63) is 0 Å². The molecule has 6 radical (unpaired) electrons. The van der Waals surface area contributed by atoms with Crippen molar-refractivity contribution in [1.82, 2.24) is 10.6 Å². The van der Waals surface area contributed by atoms with Gasteiger partial charge in [0.25, 0.3) is 0 Å². The van der Waals surface area contributed by atoms with Gasteiger partial charge in [0.05, 0.1) is 0 Å². The predicted octanol–water partition coefficient (Wildman–Crippen LogP) is -1.58. The van der Waals surface area contributed by atoms with Crippen LogP contribution in [0.3, 0.4) is 0 Å². The Labute approximate surface area is 54.6 Å². The zero-order chi connectivity index (χ0) is 4.24. The Morgan fingerprint density at radius 1 is 0.625 bits per heavy atom. The Morgan fingerprint density at radius 3 is 1.00 bits per heavy atom. The van der Waals surface area contributed by atoms with Gasteiger partial charge in [0.2, 0.25) is 0 Å². The third kappa shape index (κ3) is 4.22.